The van der Waals surface area contributed by atoms with Crippen LogP contribution in [-0.2, 0) is 24.8 Å². The first-order valence-electron chi connectivity index (χ1n) is 13.4. The Hall–Kier alpha value is -2.90. The van der Waals surface area contributed by atoms with Crippen molar-refractivity contribution >= 4 is 44.4 Å². The number of amides is 1. The molecule has 2 fully saturated rings. The van der Waals surface area contributed by atoms with Crippen LogP contribution in [0.1, 0.15) is 43.0 Å². The second-order valence-corrected chi connectivity index (χ2v) is 13.8. The van der Waals surface area contributed by atoms with Crippen LogP contribution in [0.5, 0.6) is 0 Å². The SMILES string of the molecule is CN(C(=O)C1CCS(=O)(=O)CC1)[C@@H](c1ccc(N2CC[C@]3(CCOC3)c3c2cnc2cc(Cl)nn32)cc1)C(F)(F)F. The molecule has 0 aliphatic carbocycles. The molecule has 2 saturated heterocycles. The van der Waals surface area contributed by atoms with Gasteiger partial charge in [-0.3, -0.25) is 4.79 Å². The topological polar surface area (TPSA) is 97.1 Å². The van der Waals surface area contributed by atoms with Crippen LogP contribution in [0, 0.1) is 5.92 Å². The van der Waals surface area contributed by atoms with E-state index in [0.717, 1.165) is 31.3 Å². The molecule has 3 aromatic rings. The number of rotatable bonds is 4. The van der Waals surface area contributed by atoms with Gasteiger partial charge in [-0.15, -0.1) is 0 Å². The van der Waals surface area contributed by atoms with Crippen molar-refractivity contribution in [3.63, 3.8) is 0 Å². The van der Waals surface area contributed by atoms with Crippen LogP contribution in [0.2, 0.25) is 5.15 Å². The molecule has 41 heavy (non-hydrogen) atoms. The Kier molecular flexibility index (Phi) is 6.97. The second kappa shape index (κ2) is 10.1. The monoisotopic (exact) mass is 611 g/mol. The van der Waals surface area contributed by atoms with Gasteiger partial charge in [0.1, 0.15) is 9.84 Å². The highest BCUT2D eigenvalue weighted by molar-refractivity contribution is 7.91. The van der Waals surface area contributed by atoms with E-state index in [1.807, 2.05) is 4.90 Å². The van der Waals surface area contributed by atoms with Crippen LogP contribution in [0.15, 0.2) is 36.5 Å². The number of halogens is 4. The number of carbonyl (C=O) groups excluding carboxylic acids is 1. The van der Waals surface area contributed by atoms with Crippen LogP contribution < -0.4 is 4.90 Å². The molecule has 1 amide bonds. The molecule has 0 unspecified atom stereocenters. The highest BCUT2D eigenvalue weighted by Gasteiger charge is 2.48. The van der Waals surface area contributed by atoms with E-state index in [-0.39, 0.29) is 35.3 Å². The number of alkyl halides is 3. The molecule has 0 saturated carbocycles. The number of hydrogen-bond donors (Lipinski definition) is 0. The maximum absolute atomic E-state index is 14.3. The predicted octanol–water partition coefficient (Wildman–Crippen LogP) is 4.47. The highest BCUT2D eigenvalue weighted by atomic mass is 35.5. The Morgan fingerprint density at radius 2 is 1.90 bits per heavy atom. The van der Waals surface area contributed by atoms with Crippen molar-refractivity contribution < 1.29 is 31.1 Å². The molecule has 3 aliphatic rings. The van der Waals surface area contributed by atoms with Gasteiger partial charge in [0.15, 0.2) is 16.8 Å². The molecular weight excluding hydrogens is 583 g/mol. The second-order valence-electron chi connectivity index (χ2n) is 11.1. The smallest absolute Gasteiger partial charge is 0.380 e. The first kappa shape index (κ1) is 28.2. The van der Waals surface area contributed by atoms with E-state index in [0.29, 0.717) is 41.1 Å². The van der Waals surface area contributed by atoms with Crippen molar-refractivity contribution in [1.29, 1.82) is 0 Å². The van der Waals surface area contributed by atoms with Gasteiger partial charge in [-0.1, -0.05) is 23.7 Å². The van der Waals surface area contributed by atoms with Crippen molar-refractivity contribution in [1.82, 2.24) is 19.5 Å². The highest BCUT2D eigenvalue weighted by Crippen LogP contribution is 2.47. The number of anilines is 2. The molecule has 9 nitrogen and oxygen atoms in total. The summed E-state index contributed by atoms with van der Waals surface area (Å²) in [5.74, 6) is -1.85. The standard InChI is InChI=1S/C27H29ClF3N5O4S/c1-34(25(37)18-6-12-41(38,39)13-7-18)23(27(29,30)31)17-2-4-19(5-3-17)35-10-8-26(9-11-40-16-26)24-20(35)15-32-22-14-21(28)33-36(22)24/h2-5,14-15,18,23H,6-13,16H2,1H3/t23-,26+/m0/s1. The number of carbonyl (C=O) groups is 1. The Bertz CT molecular complexity index is 1570. The third kappa shape index (κ3) is 5.05. The van der Waals surface area contributed by atoms with E-state index < -0.39 is 33.9 Å². The zero-order valence-corrected chi connectivity index (χ0v) is 23.8. The molecule has 0 N–H and O–H groups in total. The lowest BCUT2D eigenvalue weighted by molar-refractivity contribution is -0.190. The minimum atomic E-state index is -4.73. The summed E-state index contributed by atoms with van der Waals surface area (Å²) < 4.78 is 74.0. The summed E-state index contributed by atoms with van der Waals surface area (Å²) >= 11 is 6.20. The lowest BCUT2D eigenvalue weighted by atomic mass is 9.77. The fourth-order valence-corrected chi connectivity index (χ4v) is 8.10. The molecule has 5 heterocycles. The zero-order valence-electron chi connectivity index (χ0n) is 22.3. The van der Waals surface area contributed by atoms with Crippen molar-refractivity contribution in [3.05, 3.63) is 52.9 Å². The molecule has 1 aromatic carbocycles. The minimum absolute atomic E-state index is 0.0265. The van der Waals surface area contributed by atoms with Gasteiger partial charge in [0.25, 0.3) is 0 Å². The number of sulfone groups is 1. The summed E-state index contributed by atoms with van der Waals surface area (Å²) in [6.07, 6.45) is -1.38. The van der Waals surface area contributed by atoms with Crippen molar-refractivity contribution in [2.75, 3.05) is 43.2 Å². The molecule has 3 aliphatic heterocycles. The third-order valence-electron chi connectivity index (χ3n) is 8.61. The maximum Gasteiger partial charge on any atom is 0.413 e. The van der Waals surface area contributed by atoms with Crippen molar-refractivity contribution in [3.8, 4) is 0 Å². The van der Waals surface area contributed by atoms with Crippen LogP contribution >= 0.6 is 11.6 Å². The third-order valence-corrected chi connectivity index (χ3v) is 10.5. The lowest BCUT2D eigenvalue weighted by Crippen LogP contribution is -2.44. The molecule has 6 rings (SSSR count). The zero-order chi connectivity index (χ0) is 29.2. The first-order chi connectivity index (χ1) is 19.4. The van der Waals surface area contributed by atoms with Gasteiger partial charge in [-0.05, 0) is 43.4 Å². The van der Waals surface area contributed by atoms with Crippen LogP contribution in [0.3, 0.4) is 0 Å². The van der Waals surface area contributed by atoms with E-state index in [1.165, 1.54) is 12.1 Å². The van der Waals surface area contributed by atoms with Gasteiger partial charge < -0.3 is 14.5 Å². The molecule has 220 valence electrons. The van der Waals surface area contributed by atoms with E-state index in [2.05, 4.69) is 10.1 Å². The predicted molar refractivity (Wildman–Crippen MR) is 146 cm³/mol. The number of fused-ring (bicyclic) bond motifs is 4. The molecule has 2 aromatic heterocycles. The Morgan fingerprint density at radius 1 is 1.20 bits per heavy atom. The number of hydrogen-bond acceptors (Lipinski definition) is 7. The minimum Gasteiger partial charge on any atom is -0.380 e. The molecule has 0 radical (unpaired) electrons. The summed E-state index contributed by atoms with van der Waals surface area (Å²) in [5.41, 5.74) is 2.63. The molecular formula is C27H29ClF3N5O4S. The van der Waals surface area contributed by atoms with Gasteiger partial charge in [0, 0.05) is 43.3 Å². The van der Waals surface area contributed by atoms with Crippen LogP contribution in [0.4, 0.5) is 24.5 Å². The fraction of sp³-hybridized carbons (Fsp3) is 0.519. The van der Waals surface area contributed by atoms with Crippen LogP contribution in [0.25, 0.3) is 5.65 Å². The van der Waals surface area contributed by atoms with Crippen molar-refractivity contribution in [2.24, 2.45) is 5.92 Å². The molecule has 0 bridgehead atoms. The lowest BCUT2D eigenvalue weighted by Gasteiger charge is -2.41. The maximum atomic E-state index is 14.3. The van der Waals surface area contributed by atoms with Gasteiger partial charge in [-0.25, -0.2) is 17.9 Å². The number of ether oxygens (including phenoxy) is 1. The summed E-state index contributed by atoms with van der Waals surface area (Å²) in [5, 5.41) is 4.77. The van der Waals surface area contributed by atoms with E-state index in [9.17, 15) is 26.4 Å². The summed E-state index contributed by atoms with van der Waals surface area (Å²) in [6.45, 7) is 1.75. The van der Waals surface area contributed by atoms with Gasteiger partial charge >= 0.3 is 6.18 Å². The average molecular weight is 612 g/mol. The first-order valence-corrected chi connectivity index (χ1v) is 15.6. The molecule has 2 atom stereocenters. The van der Waals surface area contributed by atoms with Crippen molar-refractivity contribution in [2.45, 2.75) is 43.3 Å². The number of benzene rings is 1. The number of aromatic nitrogens is 3. The fourth-order valence-electron chi connectivity index (χ4n) is 6.44. The largest absolute Gasteiger partial charge is 0.413 e. The Labute approximate surface area is 240 Å². The van der Waals surface area contributed by atoms with Gasteiger partial charge in [0.2, 0.25) is 5.91 Å². The van der Waals surface area contributed by atoms with E-state index >= 15 is 0 Å². The number of nitrogens with zero attached hydrogens (tertiary/aromatic N) is 5. The Balaban J connectivity index is 1.31. The summed E-state index contributed by atoms with van der Waals surface area (Å²) in [4.78, 5) is 20.3. The molecule has 14 heteroatoms. The summed E-state index contributed by atoms with van der Waals surface area (Å²) in [6, 6.07) is 5.53. The quantitative estimate of drug-likeness (QED) is 0.429. The molecule has 1 spiro atoms. The normalized spacial score (nSPS) is 23.6. The summed E-state index contributed by atoms with van der Waals surface area (Å²) in [7, 11) is -2.12. The Morgan fingerprint density at radius 3 is 2.54 bits per heavy atom. The average Bonchev–Trinajstić information content (AvgIpc) is 3.54. The van der Waals surface area contributed by atoms with E-state index in [4.69, 9.17) is 16.3 Å². The van der Waals surface area contributed by atoms with E-state index in [1.54, 1.807) is 28.9 Å². The van der Waals surface area contributed by atoms with Gasteiger partial charge in [-0.2, -0.15) is 18.3 Å². The van der Waals surface area contributed by atoms with Crippen LogP contribution in [-0.4, -0.2) is 78.3 Å². The van der Waals surface area contributed by atoms with Gasteiger partial charge in [0.05, 0.1) is 35.7 Å².